The van der Waals surface area contributed by atoms with Crippen LogP contribution < -0.4 is 15.8 Å². The molecule has 5 heteroatoms. The van der Waals surface area contributed by atoms with Crippen LogP contribution in [0.4, 0.5) is 4.79 Å². The molecule has 2 amide bonds. The Kier molecular flexibility index (Phi) is 3.68. The van der Waals surface area contributed by atoms with Gasteiger partial charge in [0.2, 0.25) is 0 Å². The van der Waals surface area contributed by atoms with Crippen molar-refractivity contribution in [1.29, 1.82) is 0 Å². The molecule has 0 aliphatic rings. The van der Waals surface area contributed by atoms with E-state index in [1.807, 2.05) is 6.92 Å². The van der Waals surface area contributed by atoms with E-state index in [4.69, 9.17) is 5.73 Å². The molecule has 0 fully saturated rings. The molecule has 1 aromatic rings. The fourth-order valence-electron chi connectivity index (χ4n) is 1.05. The quantitative estimate of drug-likeness (QED) is 0.774. The Hall–Kier alpha value is -2.04. The Morgan fingerprint density at radius 3 is 2.40 bits per heavy atom. The number of carbonyl (C=O) groups is 2. The van der Waals surface area contributed by atoms with Crippen molar-refractivity contribution in [3.05, 3.63) is 29.8 Å². The summed E-state index contributed by atoms with van der Waals surface area (Å²) >= 11 is 0. The van der Waals surface area contributed by atoms with Crippen molar-refractivity contribution in [3.63, 3.8) is 0 Å². The molecule has 80 valence electrons. The lowest BCUT2D eigenvalue weighted by Crippen LogP contribution is -2.22. The number of nitrogens with two attached hydrogens (primary N) is 1. The number of primary amides is 1. The van der Waals surface area contributed by atoms with Gasteiger partial charge in [-0.25, -0.2) is 4.79 Å². The van der Waals surface area contributed by atoms with Crippen molar-refractivity contribution in [2.45, 2.75) is 6.92 Å². The number of carbonyl (C=O) groups excluding carboxylic acids is 2. The number of benzene rings is 1. The van der Waals surface area contributed by atoms with Gasteiger partial charge in [-0.15, -0.1) is 0 Å². The first-order valence-electron chi connectivity index (χ1n) is 4.49. The summed E-state index contributed by atoms with van der Waals surface area (Å²) in [6, 6.07) is 6.14. The Bertz CT molecular complexity index is 359. The van der Waals surface area contributed by atoms with Crippen LogP contribution >= 0.6 is 0 Å². The molecular weight excluding hydrogens is 196 g/mol. The SMILES string of the molecule is CCNC(=O)c1ccc(OC(N)=O)cc1. The first kappa shape index (κ1) is 11.0. The highest BCUT2D eigenvalue weighted by molar-refractivity contribution is 5.94. The third kappa shape index (κ3) is 3.30. The third-order valence-corrected chi connectivity index (χ3v) is 1.67. The summed E-state index contributed by atoms with van der Waals surface area (Å²) in [4.78, 5) is 21.7. The van der Waals surface area contributed by atoms with Crippen molar-refractivity contribution in [1.82, 2.24) is 5.32 Å². The van der Waals surface area contributed by atoms with Crippen molar-refractivity contribution in [3.8, 4) is 5.75 Å². The highest BCUT2D eigenvalue weighted by Crippen LogP contribution is 2.11. The molecule has 15 heavy (non-hydrogen) atoms. The van der Waals surface area contributed by atoms with Crippen LogP contribution in [0.25, 0.3) is 0 Å². The average Bonchev–Trinajstić information content (AvgIpc) is 2.18. The minimum atomic E-state index is -0.874. The second-order valence-electron chi connectivity index (χ2n) is 2.80. The van der Waals surface area contributed by atoms with E-state index in [0.29, 0.717) is 17.9 Å². The summed E-state index contributed by atoms with van der Waals surface area (Å²) in [5.41, 5.74) is 5.34. The van der Waals surface area contributed by atoms with Gasteiger partial charge in [-0.3, -0.25) is 4.79 Å². The van der Waals surface area contributed by atoms with Gasteiger partial charge in [-0.2, -0.15) is 0 Å². The zero-order valence-electron chi connectivity index (χ0n) is 8.32. The van der Waals surface area contributed by atoms with E-state index < -0.39 is 6.09 Å². The van der Waals surface area contributed by atoms with E-state index in [2.05, 4.69) is 10.1 Å². The Morgan fingerprint density at radius 1 is 1.33 bits per heavy atom. The van der Waals surface area contributed by atoms with Crippen LogP contribution in [-0.4, -0.2) is 18.5 Å². The lowest BCUT2D eigenvalue weighted by molar-refractivity contribution is 0.0956. The van der Waals surface area contributed by atoms with Gasteiger partial charge < -0.3 is 15.8 Å². The molecule has 0 bridgehead atoms. The number of nitrogens with one attached hydrogen (secondary N) is 1. The van der Waals surface area contributed by atoms with Crippen molar-refractivity contribution < 1.29 is 14.3 Å². The Labute approximate surface area is 87.2 Å². The number of hydrogen-bond donors (Lipinski definition) is 2. The smallest absolute Gasteiger partial charge is 0.409 e. The van der Waals surface area contributed by atoms with Crippen LogP contribution in [0.2, 0.25) is 0 Å². The maximum Gasteiger partial charge on any atom is 0.409 e. The van der Waals surface area contributed by atoms with E-state index in [1.165, 1.54) is 12.1 Å². The van der Waals surface area contributed by atoms with Gasteiger partial charge in [-0.1, -0.05) is 0 Å². The van der Waals surface area contributed by atoms with E-state index in [0.717, 1.165) is 0 Å². The summed E-state index contributed by atoms with van der Waals surface area (Å²) < 4.78 is 4.62. The maximum absolute atomic E-state index is 11.3. The molecule has 0 saturated carbocycles. The van der Waals surface area contributed by atoms with Crippen molar-refractivity contribution in [2.24, 2.45) is 5.73 Å². The second-order valence-corrected chi connectivity index (χ2v) is 2.80. The van der Waals surface area contributed by atoms with Crippen LogP contribution in [0.15, 0.2) is 24.3 Å². The van der Waals surface area contributed by atoms with Crippen LogP contribution in [0.1, 0.15) is 17.3 Å². The predicted octanol–water partition coefficient (Wildman–Crippen LogP) is 0.894. The highest BCUT2D eigenvalue weighted by atomic mass is 16.5. The zero-order chi connectivity index (χ0) is 11.3. The maximum atomic E-state index is 11.3. The largest absolute Gasteiger partial charge is 0.411 e. The fraction of sp³-hybridized carbons (Fsp3) is 0.200. The lowest BCUT2D eigenvalue weighted by atomic mass is 10.2. The van der Waals surface area contributed by atoms with E-state index in [9.17, 15) is 9.59 Å². The predicted molar refractivity (Wildman–Crippen MR) is 54.7 cm³/mol. The minimum absolute atomic E-state index is 0.164. The van der Waals surface area contributed by atoms with E-state index in [1.54, 1.807) is 12.1 Å². The number of amides is 2. The summed E-state index contributed by atoms with van der Waals surface area (Å²) in [7, 11) is 0. The first-order valence-corrected chi connectivity index (χ1v) is 4.49. The summed E-state index contributed by atoms with van der Waals surface area (Å²) in [5, 5.41) is 2.65. The molecule has 1 aromatic carbocycles. The summed E-state index contributed by atoms with van der Waals surface area (Å²) in [5.74, 6) is 0.152. The van der Waals surface area contributed by atoms with Crippen LogP contribution in [-0.2, 0) is 0 Å². The molecule has 0 unspecified atom stereocenters. The summed E-state index contributed by atoms with van der Waals surface area (Å²) in [6.07, 6.45) is -0.874. The molecule has 1 rings (SSSR count). The topological polar surface area (TPSA) is 81.4 Å². The van der Waals surface area contributed by atoms with E-state index in [-0.39, 0.29) is 5.91 Å². The van der Waals surface area contributed by atoms with Gasteiger partial charge in [0, 0.05) is 12.1 Å². The molecule has 0 radical (unpaired) electrons. The molecule has 0 heterocycles. The molecule has 5 nitrogen and oxygen atoms in total. The molecule has 0 saturated heterocycles. The van der Waals surface area contributed by atoms with Gasteiger partial charge in [0.25, 0.3) is 5.91 Å². The van der Waals surface area contributed by atoms with Gasteiger partial charge >= 0.3 is 6.09 Å². The molecule has 0 atom stereocenters. The average molecular weight is 208 g/mol. The van der Waals surface area contributed by atoms with Gasteiger partial charge in [0.15, 0.2) is 0 Å². The highest BCUT2D eigenvalue weighted by Gasteiger charge is 2.04. The molecular formula is C10H12N2O3. The summed E-state index contributed by atoms with van der Waals surface area (Å²) in [6.45, 7) is 2.40. The minimum Gasteiger partial charge on any atom is -0.411 e. The van der Waals surface area contributed by atoms with Gasteiger partial charge in [0.05, 0.1) is 0 Å². The van der Waals surface area contributed by atoms with Gasteiger partial charge in [-0.05, 0) is 31.2 Å². The van der Waals surface area contributed by atoms with E-state index >= 15 is 0 Å². The first-order chi connectivity index (χ1) is 7.13. The van der Waals surface area contributed by atoms with Gasteiger partial charge in [0.1, 0.15) is 5.75 Å². The molecule has 0 aliphatic carbocycles. The third-order valence-electron chi connectivity index (χ3n) is 1.67. The normalized spacial score (nSPS) is 9.40. The van der Waals surface area contributed by atoms with Crippen molar-refractivity contribution in [2.75, 3.05) is 6.54 Å². The molecule has 0 aromatic heterocycles. The fourth-order valence-corrected chi connectivity index (χ4v) is 1.05. The Balaban J connectivity index is 2.71. The molecule has 3 N–H and O–H groups in total. The molecule has 0 aliphatic heterocycles. The second kappa shape index (κ2) is 4.99. The van der Waals surface area contributed by atoms with Crippen LogP contribution in [0.5, 0.6) is 5.75 Å². The lowest BCUT2D eigenvalue weighted by Gasteiger charge is -2.03. The van der Waals surface area contributed by atoms with Crippen LogP contribution in [0.3, 0.4) is 0 Å². The monoisotopic (exact) mass is 208 g/mol. The zero-order valence-corrected chi connectivity index (χ0v) is 8.32. The number of ether oxygens (including phenoxy) is 1. The Morgan fingerprint density at radius 2 is 1.93 bits per heavy atom. The number of hydrogen-bond acceptors (Lipinski definition) is 3. The van der Waals surface area contributed by atoms with Crippen molar-refractivity contribution >= 4 is 12.0 Å². The number of rotatable bonds is 3. The standard InChI is InChI=1S/C10H12N2O3/c1-2-12-9(13)7-3-5-8(6-4-7)15-10(11)14/h3-6H,2H2,1H3,(H2,11,14)(H,12,13). The van der Waals surface area contributed by atoms with Crippen LogP contribution in [0, 0.1) is 0 Å². The molecule has 0 spiro atoms.